The van der Waals surface area contributed by atoms with Gasteiger partial charge in [-0.3, -0.25) is 0 Å². The zero-order valence-corrected chi connectivity index (χ0v) is 23.2. The van der Waals surface area contributed by atoms with Gasteiger partial charge in [0.1, 0.15) is 0 Å². The first kappa shape index (κ1) is 24.3. The van der Waals surface area contributed by atoms with Crippen molar-refractivity contribution in [2.45, 2.75) is 0 Å². The molecule has 0 aliphatic rings. The molecule has 0 radical (unpaired) electrons. The minimum absolute atomic E-state index is 1.24. The van der Waals surface area contributed by atoms with Crippen LogP contribution in [0.5, 0.6) is 0 Å². The maximum atomic E-state index is 2.30. The van der Waals surface area contributed by atoms with Crippen molar-refractivity contribution in [1.82, 2.24) is 0 Å². The molecule has 196 valence electrons. The molecule has 0 aliphatic carbocycles. The van der Waals surface area contributed by atoms with Gasteiger partial charge in [0.2, 0.25) is 0 Å². The first-order valence-corrected chi connectivity index (χ1v) is 14.5. The largest absolute Gasteiger partial charge is 0.0616 e. The van der Waals surface area contributed by atoms with Gasteiger partial charge in [0, 0.05) is 0 Å². The summed E-state index contributed by atoms with van der Waals surface area (Å²) >= 11 is 0. The van der Waals surface area contributed by atoms with Gasteiger partial charge in [0.05, 0.1) is 0 Å². The van der Waals surface area contributed by atoms with Crippen LogP contribution in [-0.2, 0) is 0 Å². The lowest BCUT2D eigenvalue weighted by Crippen LogP contribution is -2.00. The molecule has 0 fully saturated rings. The second-order valence-electron chi connectivity index (χ2n) is 10.9. The zero-order valence-electron chi connectivity index (χ0n) is 23.2. The lowest BCUT2D eigenvalue weighted by Gasteiger charge is -2.23. The average molecular weight is 533 g/mol. The van der Waals surface area contributed by atoms with Crippen LogP contribution in [0.25, 0.3) is 54.2 Å². The highest BCUT2D eigenvalue weighted by molar-refractivity contribution is 6.19. The van der Waals surface area contributed by atoms with Gasteiger partial charge >= 0.3 is 0 Å². The lowest BCUT2D eigenvalue weighted by atomic mass is 9.80. The van der Waals surface area contributed by atoms with Crippen molar-refractivity contribution < 1.29 is 0 Å². The molecule has 0 saturated heterocycles. The average Bonchev–Trinajstić information content (AvgIpc) is 3.06. The van der Waals surface area contributed by atoms with Gasteiger partial charge in [-0.25, -0.2) is 0 Å². The molecule has 8 rings (SSSR count). The second kappa shape index (κ2) is 10.2. The van der Waals surface area contributed by atoms with E-state index in [0.717, 1.165) is 0 Å². The van der Waals surface area contributed by atoms with E-state index < -0.39 is 0 Å². The van der Waals surface area contributed by atoms with E-state index in [-0.39, 0.29) is 0 Å². The van der Waals surface area contributed by atoms with Crippen LogP contribution in [0.2, 0.25) is 0 Å². The minimum atomic E-state index is 1.24. The Morgan fingerprint density at radius 1 is 0.214 bits per heavy atom. The summed E-state index contributed by atoms with van der Waals surface area (Å²) in [5.74, 6) is 0. The molecule has 0 N–H and O–H groups in total. The molecule has 42 heavy (non-hydrogen) atoms. The van der Waals surface area contributed by atoms with Crippen LogP contribution in [0, 0.1) is 0 Å². The zero-order chi connectivity index (χ0) is 27.9. The van der Waals surface area contributed by atoms with E-state index in [9.17, 15) is 0 Å². The fraction of sp³-hybridized carbons (Fsp3) is 0. The van der Waals surface area contributed by atoms with E-state index in [0.29, 0.717) is 0 Å². The molecule has 0 amide bonds. The molecule has 0 atom stereocenters. The standard InChI is InChI=1S/C42H28/c1-5-21-33-29(13-1)17-9-25-37(33)41(38-26-10-18-30-14-2-6-22-34(30)38)42(39-27-11-19-31-15-3-7-23-35(31)39)40-28-12-20-32-16-4-8-24-36(32)40/h1-28H. The van der Waals surface area contributed by atoms with Crippen molar-refractivity contribution in [2.24, 2.45) is 0 Å². The molecule has 0 aromatic heterocycles. The van der Waals surface area contributed by atoms with Crippen LogP contribution >= 0.6 is 0 Å². The van der Waals surface area contributed by atoms with Crippen molar-refractivity contribution in [2.75, 3.05) is 0 Å². The normalized spacial score (nSPS) is 11.3. The molecule has 8 aromatic rings. The predicted octanol–water partition coefficient (Wildman–Crippen LogP) is 11.3. The first-order valence-electron chi connectivity index (χ1n) is 14.5. The van der Waals surface area contributed by atoms with E-state index in [1.165, 1.54) is 76.5 Å². The SMILES string of the molecule is c1ccc2c(C(=C(c3cccc4ccccc34)c3cccc4ccccc34)c3cccc4ccccc34)cccc2c1. The number of benzene rings is 8. The summed E-state index contributed by atoms with van der Waals surface area (Å²) < 4.78 is 0. The van der Waals surface area contributed by atoms with Crippen molar-refractivity contribution in [3.63, 3.8) is 0 Å². The molecule has 0 bridgehead atoms. The molecule has 0 aliphatic heterocycles. The van der Waals surface area contributed by atoms with Gasteiger partial charge < -0.3 is 0 Å². The van der Waals surface area contributed by atoms with Crippen LogP contribution in [0.4, 0.5) is 0 Å². The van der Waals surface area contributed by atoms with Crippen LogP contribution < -0.4 is 0 Å². The molecule has 0 heterocycles. The van der Waals surface area contributed by atoms with Crippen LogP contribution in [-0.4, -0.2) is 0 Å². The number of rotatable bonds is 4. The third-order valence-corrected chi connectivity index (χ3v) is 8.49. The van der Waals surface area contributed by atoms with Crippen LogP contribution in [0.15, 0.2) is 170 Å². The Labute approximate surface area is 245 Å². The topological polar surface area (TPSA) is 0 Å². The molecule has 0 heteroatoms. The molecule has 0 nitrogen and oxygen atoms in total. The van der Waals surface area contributed by atoms with Crippen molar-refractivity contribution in [3.05, 3.63) is 192 Å². The van der Waals surface area contributed by atoms with E-state index in [2.05, 4.69) is 170 Å². The van der Waals surface area contributed by atoms with E-state index in [4.69, 9.17) is 0 Å². The fourth-order valence-corrected chi connectivity index (χ4v) is 6.60. The van der Waals surface area contributed by atoms with Gasteiger partial charge in [0.25, 0.3) is 0 Å². The second-order valence-corrected chi connectivity index (χ2v) is 10.9. The maximum Gasteiger partial charge on any atom is -0.00139 e. The highest BCUT2D eigenvalue weighted by atomic mass is 14.2. The Balaban J connectivity index is 1.65. The Morgan fingerprint density at radius 3 is 0.690 bits per heavy atom. The van der Waals surface area contributed by atoms with Gasteiger partial charge in [-0.15, -0.1) is 0 Å². The lowest BCUT2D eigenvalue weighted by molar-refractivity contribution is 1.57. The maximum absolute atomic E-state index is 2.30. The number of fused-ring (bicyclic) bond motifs is 4. The van der Waals surface area contributed by atoms with Gasteiger partial charge in [-0.05, 0) is 76.5 Å². The summed E-state index contributed by atoms with van der Waals surface area (Å²) in [5.41, 5.74) is 7.44. The Kier molecular flexibility index (Phi) is 5.90. The molecule has 8 aromatic carbocycles. The van der Waals surface area contributed by atoms with Crippen molar-refractivity contribution >= 4 is 54.2 Å². The summed E-state index contributed by atoms with van der Waals surface area (Å²) in [5, 5.41) is 9.96. The van der Waals surface area contributed by atoms with E-state index in [1.54, 1.807) is 0 Å². The predicted molar refractivity (Wildman–Crippen MR) is 181 cm³/mol. The molecular formula is C42H28. The highest BCUT2D eigenvalue weighted by Crippen LogP contribution is 2.44. The van der Waals surface area contributed by atoms with Gasteiger partial charge in [0.15, 0.2) is 0 Å². The van der Waals surface area contributed by atoms with Crippen molar-refractivity contribution in [3.8, 4) is 0 Å². The Hall–Kier alpha value is -5.46. The Bertz CT molecular complexity index is 1950. The minimum Gasteiger partial charge on any atom is -0.0616 e. The molecule has 0 unspecified atom stereocenters. The quantitative estimate of drug-likeness (QED) is 0.198. The van der Waals surface area contributed by atoms with Gasteiger partial charge in [-0.1, -0.05) is 170 Å². The first-order chi connectivity index (χ1) is 20.9. The van der Waals surface area contributed by atoms with Crippen LogP contribution in [0.1, 0.15) is 22.3 Å². The molecule has 0 saturated carbocycles. The smallest absolute Gasteiger partial charge is 0.00139 e. The highest BCUT2D eigenvalue weighted by Gasteiger charge is 2.22. The number of hydrogen-bond acceptors (Lipinski definition) is 0. The summed E-state index contributed by atoms with van der Waals surface area (Å²) in [4.78, 5) is 0. The van der Waals surface area contributed by atoms with Crippen molar-refractivity contribution in [1.29, 1.82) is 0 Å². The summed E-state index contributed by atoms with van der Waals surface area (Å²) in [6.45, 7) is 0. The molecular weight excluding hydrogens is 504 g/mol. The third-order valence-electron chi connectivity index (χ3n) is 8.49. The monoisotopic (exact) mass is 532 g/mol. The van der Waals surface area contributed by atoms with Gasteiger partial charge in [-0.2, -0.15) is 0 Å². The van der Waals surface area contributed by atoms with E-state index >= 15 is 0 Å². The summed E-state index contributed by atoms with van der Waals surface area (Å²) in [6, 6.07) is 61.9. The summed E-state index contributed by atoms with van der Waals surface area (Å²) in [7, 11) is 0. The third kappa shape index (κ3) is 4.00. The number of hydrogen-bond donors (Lipinski definition) is 0. The Morgan fingerprint density at radius 2 is 0.429 bits per heavy atom. The van der Waals surface area contributed by atoms with E-state index in [1.807, 2.05) is 0 Å². The molecule has 0 spiro atoms. The summed E-state index contributed by atoms with van der Waals surface area (Å²) in [6.07, 6.45) is 0. The van der Waals surface area contributed by atoms with Crippen LogP contribution in [0.3, 0.4) is 0 Å². The fourth-order valence-electron chi connectivity index (χ4n) is 6.60.